The molecule has 18 heavy (non-hydrogen) atoms. The molecule has 0 saturated carbocycles. The van der Waals surface area contributed by atoms with Crippen LogP contribution < -0.4 is 5.32 Å². The van der Waals surface area contributed by atoms with E-state index in [-0.39, 0.29) is 5.69 Å². The van der Waals surface area contributed by atoms with Crippen LogP contribution in [0.4, 0.5) is 15.9 Å². The van der Waals surface area contributed by atoms with Crippen LogP contribution in [0.15, 0.2) is 30.3 Å². The van der Waals surface area contributed by atoms with Crippen molar-refractivity contribution in [3.8, 4) is 6.07 Å². The summed E-state index contributed by atoms with van der Waals surface area (Å²) in [6.07, 6.45) is 0. The van der Waals surface area contributed by atoms with Crippen molar-refractivity contribution < 1.29 is 4.39 Å². The first-order valence-electron chi connectivity index (χ1n) is 5.19. The maximum absolute atomic E-state index is 13.5. The molecule has 3 nitrogen and oxygen atoms in total. The van der Waals surface area contributed by atoms with Gasteiger partial charge in [0.05, 0.1) is 17.3 Å². The van der Waals surface area contributed by atoms with E-state index in [2.05, 4.69) is 10.3 Å². The number of nitriles is 1. The molecule has 2 aromatic rings. The second kappa shape index (κ2) is 5.03. The van der Waals surface area contributed by atoms with E-state index in [0.29, 0.717) is 22.1 Å². The summed E-state index contributed by atoms with van der Waals surface area (Å²) < 4.78 is 13.5. The highest BCUT2D eigenvalue weighted by atomic mass is 35.5. The van der Waals surface area contributed by atoms with Gasteiger partial charge in [0.1, 0.15) is 11.6 Å². The van der Waals surface area contributed by atoms with Crippen molar-refractivity contribution in [1.82, 2.24) is 4.98 Å². The van der Waals surface area contributed by atoms with Crippen LogP contribution in [0.1, 0.15) is 11.3 Å². The molecule has 1 aromatic carbocycles. The second-order valence-electron chi connectivity index (χ2n) is 3.74. The van der Waals surface area contributed by atoms with Crippen LogP contribution in [0.25, 0.3) is 0 Å². The summed E-state index contributed by atoms with van der Waals surface area (Å²) in [5, 5.41) is 12.1. The number of benzene rings is 1. The molecule has 2 rings (SSSR count). The lowest BCUT2D eigenvalue weighted by Gasteiger charge is -2.08. The lowest BCUT2D eigenvalue weighted by Crippen LogP contribution is -1.98. The molecule has 0 bridgehead atoms. The first-order valence-corrected chi connectivity index (χ1v) is 5.57. The minimum atomic E-state index is -0.429. The van der Waals surface area contributed by atoms with E-state index in [1.807, 2.05) is 6.07 Å². The molecular formula is C13H9ClFN3. The van der Waals surface area contributed by atoms with Crippen molar-refractivity contribution in [2.75, 3.05) is 5.32 Å². The predicted molar refractivity (Wildman–Crippen MR) is 68.4 cm³/mol. The van der Waals surface area contributed by atoms with E-state index in [1.54, 1.807) is 19.1 Å². The molecule has 1 heterocycles. The van der Waals surface area contributed by atoms with E-state index in [0.717, 1.165) is 0 Å². The Hall–Kier alpha value is -2.12. The number of aromatic nitrogens is 1. The smallest absolute Gasteiger partial charge is 0.146 e. The van der Waals surface area contributed by atoms with Crippen LogP contribution in [-0.4, -0.2) is 4.98 Å². The van der Waals surface area contributed by atoms with Gasteiger partial charge in [-0.1, -0.05) is 11.6 Å². The highest BCUT2D eigenvalue weighted by Crippen LogP contribution is 2.23. The Bertz CT molecular complexity index is 635. The van der Waals surface area contributed by atoms with Gasteiger partial charge in [0.2, 0.25) is 0 Å². The number of nitrogens with zero attached hydrogens (tertiary/aromatic N) is 2. The van der Waals surface area contributed by atoms with Gasteiger partial charge in [-0.3, -0.25) is 0 Å². The zero-order valence-electron chi connectivity index (χ0n) is 9.54. The topological polar surface area (TPSA) is 48.7 Å². The summed E-state index contributed by atoms with van der Waals surface area (Å²) in [5.41, 5.74) is 1.37. The Balaban J connectivity index is 2.37. The number of aryl methyl sites for hydroxylation is 1. The van der Waals surface area contributed by atoms with Crippen molar-refractivity contribution >= 4 is 23.1 Å². The van der Waals surface area contributed by atoms with E-state index >= 15 is 0 Å². The SMILES string of the molecule is Cc1cc(C#N)cc(Nc2cc(Cl)ccc2F)n1. The number of halogens is 2. The lowest BCUT2D eigenvalue weighted by molar-refractivity contribution is 0.632. The molecule has 0 fully saturated rings. The summed E-state index contributed by atoms with van der Waals surface area (Å²) >= 11 is 5.79. The lowest BCUT2D eigenvalue weighted by atomic mass is 10.2. The highest BCUT2D eigenvalue weighted by molar-refractivity contribution is 6.30. The van der Waals surface area contributed by atoms with Gasteiger partial charge in [0, 0.05) is 10.7 Å². The number of hydrogen-bond acceptors (Lipinski definition) is 3. The average Bonchev–Trinajstić information content (AvgIpc) is 2.33. The van der Waals surface area contributed by atoms with Gasteiger partial charge in [-0.2, -0.15) is 5.26 Å². The van der Waals surface area contributed by atoms with Crippen LogP contribution in [0.5, 0.6) is 0 Å². The zero-order chi connectivity index (χ0) is 13.1. The maximum Gasteiger partial charge on any atom is 0.146 e. The van der Waals surface area contributed by atoms with Crippen LogP contribution >= 0.6 is 11.6 Å². The van der Waals surface area contributed by atoms with E-state index in [1.165, 1.54) is 18.2 Å². The van der Waals surface area contributed by atoms with Crippen LogP contribution in [0, 0.1) is 24.1 Å². The number of hydrogen-bond donors (Lipinski definition) is 1. The summed E-state index contributed by atoms with van der Waals surface area (Å²) in [6.45, 7) is 1.76. The fourth-order valence-corrected chi connectivity index (χ4v) is 1.70. The molecule has 0 atom stereocenters. The third-order valence-electron chi connectivity index (χ3n) is 2.27. The first-order chi connectivity index (χ1) is 8.58. The Labute approximate surface area is 109 Å². The average molecular weight is 262 g/mol. The third kappa shape index (κ3) is 2.76. The maximum atomic E-state index is 13.5. The molecular weight excluding hydrogens is 253 g/mol. The Morgan fingerprint density at radius 3 is 2.83 bits per heavy atom. The molecule has 0 aliphatic carbocycles. The molecule has 0 radical (unpaired) electrons. The number of rotatable bonds is 2. The summed E-state index contributed by atoms with van der Waals surface area (Å²) in [6, 6.07) is 9.42. The molecule has 5 heteroatoms. The molecule has 0 spiro atoms. The van der Waals surface area contributed by atoms with Gasteiger partial charge < -0.3 is 5.32 Å². The fourth-order valence-electron chi connectivity index (χ4n) is 1.53. The quantitative estimate of drug-likeness (QED) is 0.895. The van der Waals surface area contributed by atoms with Gasteiger partial charge >= 0.3 is 0 Å². The van der Waals surface area contributed by atoms with Crippen molar-refractivity contribution in [1.29, 1.82) is 5.26 Å². The predicted octanol–water partition coefficient (Wildman–Crippen LogP) is 3.80. The van der Waals surface area contributed by atoms with Crippen LogP contribution in [0.2, 0.25) is 5.02 Å². The van der Waals surface area contributed by atoms with Crippen molar-refractivity contribution in [2.24, 2.45) is 0 Å². The van der Waals surface area contributed by atoms with Crippen molar-refractivity contribution in [3.63, 3.8) is 0 Å². The van der Waals surface area contributed by atoms with Gasteiger partial charge in [0.15, 0.2) is 0 Å². The van der Waals surface area contributed by atoms with Gasteiger partial charge in [-0.15, -0.1) is 0 Å². The number of anilines is 2. The normalized spacial score (nSPS) is 9.89. The molecule has 0 amide bonds. The largest absolute Gasteiger partial charge is 0.338 e. The second-order valence-corrected chi connectivity index (χ2v) is 4.18. The van der Waals surface area contributed by atoms with Gasteiger partial charge in [0.25, 0.3) is 0 Å². The van der Waals surface area contributed by atoms with Crippen molar-refractivity contribution in [2.45, 2.75) is 6.92 Å². The van der Waals surface area contributed by atoms with Crippen molar-refractivity contribution in [3.05, 3.63) is 52.4 Å². The summed E-state index contributed by atoms with van der Waals surface area (Å²) in [5.74, 6) is -0.0195. The van der Waals surface area contributed by atoms with Crippen LogP contribution in [0.3, 0.4) is 0 Å². The standard InChI is InChI=1S/C13H9ClFN3/c1-8-4-9(7-16)5-13(17-8)18-12-6-10(14)2-3-11(12)15/h2-6H,1H3,(H,17,18). The zero-order valence-corrected chi connectivity index (χ0v) is 10.3. The molecule has 90 valence electrons. The minimum absolute atomic E-state index is 0.226. The monoisotopic (exact) mass is 261 g/mol. The fraction of sp³-hybridized carbons (Fsp3) is 0.0769. The van der Waals surface area contributed by atoms with E-state index in [4.69, 9.17) is 16.9 Å². The molecule has 0 aliphatic heterocycles. The number of nitrogens with one attached hydrogen (secondary N) is 1. The molecule has 0 saturated heterocycles. The Kier molecular flexibility index (Phi) is 3.45. The molecule has 1 N–H and O–H groups in total. The highest BCUT2D eigenvalue weighted by Gasteiger charge is 2.05. The number of pyridine rings is 1. The molecule has 0 aliphatic rings. The van der Waals surface area contributed by atoms with Gasteiger partial charge in [-0.05, 0) is 37.3 Å². The molecule has 1 aromatic heterocycles. The third-order valence-corrected chi connectivity index (χ3v) is 2.51. The minimum Gasteiger partial charge on any atom is -0.338 e. The van der Waals surface area contributed by atoms with E-state index in [9.17, 15) is 4.39 Å². The summed E-state index contributed by atoms with van der Waals surface area (Å²) in [4.78, 5) is 4.18. The van der Waals surface area contributed by atoms with E-state index < -0.39 is 5.82 Å². The summed E-state index contributed by atoms with van der Waals surface area (Å²) in [7, 11) is 0. The molecule has 0 unspecified atom stereocenters. The Morgan fingerprint density at radius 2 is 2.11 bits per heavy atom. The van der Waals surface area contributed by atoms with Gasteiger partial charge in [-0.25, -0.2) is 9.37 Å². The Morgan fingerprint density at radius 1 is 1.33 bits per heavy atom. The first kappa shape index (κ1) is 12.3. The van der Waals surface area contributed by atoms with Crippen LogP contribution in [-0.2, 0) is 0 Å².